The molecule has 15 heavy (non-hydrogen) atoms. The summed E-state index contributed by atoms with van der Waals surface area (Å²) in [5, 5.41) is 1.22. The first-order chi connectivity index (χ1) is 7.28. The molecule has 0 aromatic carbocycles. The first-order valence-corrected chi connectivity index (χ1v) is 6.87. The predicted octanol–water partition coefficient (Wildman–Crippen LogP) is 2.75. The molecular weight excluding hydrogens is 204 g/mol. The smallest absolute Gasteiger partial charge is 0.113 e. The fourth-order valence-corrected chi connectivity index (χ4v) is 3.82. The van der Waals surface area contributed by atoms with Crippen LogP contribution in [0.25, 0.3) is 0 Å². The Morgan fingerprint density at radius 1 is 1.07 bits per heavy atom. The lowest BCUT2D eigenvalue weighted by Crippen LogP contribution is -2.43. The second-order valence-corrected chi connectivity index (χ2v) is 6.04. The number of aromatic nitrogens is 1. The number of nitrogens with two attached hydrogens (primary N) is 1. The fraction of sp³-hybridized carbons (Fsp3) is 0.750. The van der Waals surface area contributed by atoms with E-state index in [1.165, 1.54) is 54.1 Å². The largest absolute Gasteiger partial charge is 0.319 e. The summed E-state index contributed by atoms with van der Waals surface area (Å²) in [4.78, 5) is 6.33. The summed E-state index contributed by atoms with van der Waals surface area (Å²) in [6.45, 7) is 0. The summed E-state index contributed by atoms with van der Waals surface area (Å²) < 4.78 is 0. The number of fused-ring (bicyclic) bond motifs is 1. The molecule has 0 aliphatic heterocycles. The van der Waals surface area contributed by atoms with Crippen LogP contribution in [0.1, 0.15) is 54.1 Å². The monoisotopic (exact) mass is 222 g/mol. The topological polar surface area (TPSA) is 38.9 Å². The lowest BCUT2D eigenvalue weighted by molar-refractivity contribution is 0.252. The molecular formula is C12H18N2S. The van der Waals surface area contributed by atoms with Gasteiger partial charge >= 0.3 is 0 Å². The minimum atomic E-state index is -0.0448. The van der Waals surface area contributed by atoms with Gasteiger partial charge < -0.3 is 5.73 Å². The van der Waals surface area contributed by atoms with E-state index in [2.05, 4.69) is 0 Å². The van der Waals surface area contributed by atoms with Gasteiger partial charge in [0, 0.05) is 4.88 Å². The van der Waals surface area contributed by atoms with Crippen LogP contribution in [0.15, 0.2) is 0 Å². The van der Waals surface area contributed by atoms with Crippen LogP contribution in [0.5, 0.6) is 0 Å². The van der Waals surface area contributed by atoms with Gasteiger partial charge in [0.25, 0.3) is 0 Å². The van der Waals surface area contributed by atoms with Crippen molar-refractivity contribution in [1.82, 2.24) is 4.98 Å². The van der Waals surface area contributed by atoms with Gasteiger partial charge in [-0.2, -0.15) is 0 Å². The van der Waals surface area contributed by atoms with Crippen LogP contribution in [-0.2, 0) is 18.4 Å². The summed E-state index contributed by atoms with van der Waals surface area (Å²) in [7, 11) is 0. The highest BCUT2D eigenvalue weighted by Gasteiger charge is 2.37. The van der Waals surface area contributed by atoms with Gasteiger partial charge in [0.15, 0.2) is 0 Å². The van der Waals surface area contributed by atoms with E-state index < -0.39 is 0 Å². The number of nitrogens with zero attached hydrogens (tertiary/aromatic N) is 1. The minimum absolute atomic E-state index is 0.0448. The molecule has 0 spiro atoms. The van der Waals surface area contributed by atoms with Crippen LogP contribution in [-0.4, -0.2) is 4.98 Å². The Labute approximate surface area is 94.9 Å². The summed E-state index contributed by atoms with van der Waals surface area (Å²) in [6.07, 6.45) is 10.00. The summed E-state index contributed by atoms with van der Waals surface area (Å²) in [5.74, 6) is 0. The van der Waals surface area contributed by atoms with Gasteiger partial charge in [-0.05, 0) is 44.9 Å². The van der Waals surface area contributed by atoms with Crippen molar-refractivity contribution in [2.24, 2.45) is 5.73 Å². The van der Waals surface area contributed by atoms with Gasteiger partial charge in [0.05, 0.1) is 11.2 Å². The van der Waals surface area contributed by atoms with E-state index in [0.717, 1.165) is 12.8 Å². The van der Waals surface area contributed by atoms with Crippen LogP contribution in [0.2, 0.25) is 0 Å². The first kappa shape index (κ1) is 9.79. The zero-order valence-electron chi connectivity index (χ0n) is 9.09. The normalized spacial score (nSPS) is 24.1. The SMILES string of the molecule is NC1(c2nc3c(s2)CCCCC3)CCC1. The molecule has 0 saturated heterocycles. The molecule has 1 aromatic rings. The second-order valence-electron chi connectivity index (χ2n) is 4.96. The zero-order valence-corrected chi connectivity index (χ0v) is 9.91. The Hall–Kier alpha value is -0.410. The Balaban J connectivity index is 1.91. The second kappa shape index (κ2) is 3.56. The maximum Gasteiger partial charge on any atom is 0.113 e. The Morgan fingerprint density at radius 2 is 1.87 bits per heavy atom. The van der Waals surface area contributed by atoms with Crippen LogP contribution in [0.4, 0.5) is 0 Å². The highest BCUT2D eigenvalue weighted by Crippen LogP contribution is 2.42. The van der Waals surface area contributed by atoms with Gasteiger partial charge in [0.1, 0.15) is 5.01 Å². The van der Waals surface area contributed by atoms with Gasteiger partial charge in [-0.15, -0.1) is 11.3 Å². The van der Waals surface area contributed by atoms with Crippen molar-refractivity contribution >= 4 is 11.3 Å². The van der Waals surface area contributed by atoms with E-state index in [4.69, 9.17) is 10.7 Å². The molecule has 0 amide bonds. The third-order valence-electron chi connectivity index (χ3n) is 3.77. The molecule has 3 heteroatoms. The van der Waals surface area contributed by atoms with Gasteiger partial charge in [-0.25, -0.2) is 4.98 Å². The third-order valence-corrected chi connectivity index (χ3v) is 5.14. The molecule has 1 heterocycles. The third kappa shape index (κ3) is 1.62. The van der Waals surface area contributed by atoms with E-state index in [1.807, 2.05) is 11.3 Å². The van der Waals surface area contributed by atoms with E-state index in [0.29, 0.717) is 0 Å². The molecule has 82 valence electrons. The summed E-state index contributed by atoms with van der Waals surface area (Å²) in [6, 6.07) is 0. The molecule has 1 saturated carbocycles. The Kier molecular flexibility index (Phi) is 2.33. The number of hydrogen-bond acceptors (Lipinski definition) is 3. The van der Waals surface area contributed by atoms with Gasteiger partial charge in [-0.3, -0.25) is 0 Å². The highest BCUT2D eigenvalue weighted by molar-refractivity contribution is 7.11. The molecule has 3 rings (SSSR count). The predicted molar refractivity (Wildman–Crippen MR) is 63.1 cm³/mol. The maximum absolute atomic E-state index is 6.32. The van der Waals surface area contributed by atoms with E-state index in [1.54, 1.807) is 0 Å². The van der Waals surface area contributed by atoms with Crippen LogP contribution in [0.3, 0.4) is 0 Å². The van der Waals surface area contributed by atoms with Gasteiger partial charge in [-0.1, -0.05) is 6.42 Å². The highest BCUT2D eigenvalue weighted by atomic mass is 32.1. The van der Waals surface area contributed by atoms with Crippen molar-refractivity contribution in [1.29, 1.82) is 0 Å². The van der Waals surface area contributed by atoms with Crippen LogP contribution >= 0.6 is 11.3 Å². The molecule has 2 aliphatic carbocycles. The number of hydrogen-bond donors (Lipinski definition) is 1. The molecule has 2 aliphatic rings. The van der Waals surface area contributed by atoms with E-state index >= 15 is 0 Å². The van der Waals surface area contributed by atoms with Crippen molar-refractivity contribution in [3.8, 4) is 0 Å². The molecule has 1 aromatic heterocycles. The average molecular weight is 222 g/mol. The van der Waals surface area contributed by atoms with Gasteiger partial charge in [0.2, 0.25) is 0 Å². The quantitative estimate of drug-likeness (QED) is 0.742. The van der Waals surface area contributed by atoms with Crippen molar-refractivity contribution in [2.45, 2.75) is 56.9 Å². The number of aryl methyl sites for hydroxylation is 2. The molecule has 1 fully saturated rings. The zero-order chi connectivity index (χ0) is 10.3. The molecule has 0 bridgehead atoms. The molecule has 0 atom stereocenters. The number of thiazole rings is 1. The molecule has 2 nitrogen and oxygen atoms in total. The molecule has 0 unspecified atom stereocenters. The van der Waals surface area contributed by atoms with Crippen LogP contribution in [0, 0.1) is 0 Å². The summed E-state index contributed by atoms with van der Waals surface area (Å²) in [5.41, 5.74) is 7.64. The minimum Gasteiger partial charge on any atom is -0.319 e. The number of rotatable bonds is 1. The average Bonchev–Trinajstić information content (AvgIpc) is 2.47. The van der Waals surface area contributed by atoms with Crippen molar-refractivity contribution < 1.29 is 0 Å². The van der Waals surface area contributed by atoms with Crippen molar-refractivity contribution in [2.75, 3.05) is 0 Å². The lowest BCUT2D eigenvalue weighted by atomic mass is 9.78. The summed E-state index contributed by atoms with van der Waals surface area (Å²) >= 11 is 1.90. The van der Waals surface area contributed by atoms with E-state index in [-0.39, 0.29) is 5.54 Å². The van der Waals surface area contributed by atoms with Crippen molar-refractivity contribution in [3.05, 3.63) is 15.6 Å². The fourth-order valence-electron chi connectivity index (χ4n) is 2.51. The van der Waals surface area contributed by atoms with E-state index in [9.17, 15) is 0 Å². The standard InChI is InChI=1S/C12H18N2S/c13-12(7-4-8-12)11-14-9-5-2-1-3-6-10(9)15-11/h1-8,13H2. The maximum atomic E-state index is 6.32. The lowest BCUT2D eigenvalue weighted by Gasteiger charge is -2.35. The molecule has 0 radical (unpaired) electrons. The Morgan fingerprint density at radius 3 is 2.60 bits per heavy atom. The first-order valence-electron chi connectivity index (χ1n) is 6.06. The van der Waals surface area contributed by atoms with Crippen LogP contribution < -0.4 is 5.73 Å². The van der Waals surface area contributed by atoms with Crippen molar-refractivity contribution in [3.63, 3.8) is 0 Å². The molecule has 2 N–H and O–H groups in total. The Bertz CT molecular complexity index is 342.